The van der Waals surface area contributed by atoms with Gasteiger partial charge in [-0.25, -0.2) is 0 Å². The lowest BCUT2D eigenvalue weighted by Crippen LogP contribution is -2.20. The average Bonchev–Trinajstić information content (AvgIpc) is 2.85. The summed E-state index contributed by atoms with van der Waals surface area (Å²) in [7, 11) is 0. The maximum atomic E-state index is 11.2. The third kappa shape index (κ3) is 5.86. The van der Waals surface area contributed by atoms with Gasteiger partial charge in [0.05, 0.1) is 0 Å². The lowest BCUT2D eigenvalue weighted by molar-refractivity contribution is -0.119. The average molecular weight is 437 g/mol. The quantitative estimate of drug-likeness (QED) is 0.355. The van der Waals surface area contributed by atoms with E-state index in [1.807, 2.05) is 60.7 Å². The summed E-state index contributed by atoms with van der Waals surface area (Å²) in [4.78, 5) is 22.3. The van der Waals surface area contributed by atoms with Gasteiger partial charge in [0.2, 0.25) is 0 Å². The van der Waals surface area contributed by atoms with E-state index in [2.05, 4.69) is 18.2 Å². The predicted molar refractivity (Wildman–Crippen MR) is 128 cm³/mol. The molecule has 0 aliphatic rings. The zero-order valence-corrected chi connectivity index (χ0v) is 17.9. The number of ether oxygens (including phenoxy) is 2. The van der Waals surface area contributed by atoms with E-state index in [9.17, 15) is 9.59 Å². The summed E-state index contributed by atoms with van der Waals surface area (Å²) >= 11 is 0. The molecule has 0 saturated carbocycles. The Morgan fingerprint density at radius 1 is 0.788 bits per heavy atom. The lowest BCUT2D eigenvalue weighted by Gasteiger charge is -2.12. The minimum absolute atomic E-state index is 0.220. The van der Waals surface area contributed by atoms with Gasteiger partial charge in [-0.15, -0.1) is 0 Å². The van der Waals surface area contributed by atoms with Crippen molar-refractivity contribution in [2.45, 2.75) is 6.42 Å². The number of primary amides is 1. The maximum absolute atomic E-state index is 11.2. The Kier molecular flexibility index (Phi) is 6.81. The van der Waals surface area contributed by atoms with Gasteiger partial charge >= 0.3 is 0 Å². The number of hydrogen-bond donors (Lipinski definition) is 1. The van der Waals surface area contributed by atoms with Gasteiger partial charge in [-0.05, 0) is 64.7 Å². The first kappa shape index (κ1) is 21.8. The van der Waals surface area contributed by atoms with Crippen LogP contribution in [-0.4, -0.2) is 18.8 Å². The highest BCUT2D eigenvalue weighted by atomic mass is 16.5. The molecule has 0 radical (unpaired) electrons. The first-order valence-electron chi connectivity index (χ1n) is 10.5. The van der Waals surface area contributed by atoms with E-state index in [4.69, 9.17) is 15.2 Å². The summed E-state index contributed by atoms with van der Waals surface area (Å²) in [6.45, 7) is -0.220. The molecule has 2 N–H and O–H groups in total. The van der Waals surface area contributed by atoms with E-state index in [1.165, 1.54) is 0 Å². The van der Waals surface area contributed by atoms with Crippen LogP contribution < -0.4 is 15.2 Å². The van der Waals surface area contributed by atoms with Gasteiger partial charge < -0.3 is 15.2 Å². The van der Waals surface area contributed by atoms with Crippen molar-refractivity contribution in [1.29, 1.82) is 0 Å². The van der Waals surface area contributed by atoms with Gasteiger partial charge in [-0.2, -0.15) is 0 Å². The molecule has 0 fully saturated rings. The Hall–Kier alpha value is -4.38. The monoisotopic (exact) mass is 437 g/mol. The van der Waals surface area contributed by atoms with Gasteiger partial charge in [0.15, 0.2) is 6.61 Å². The van der Waals surface area contributed by atoms with Crippen LogP contribution in [0.25, 0.3) is 11.1 Å². The smallest absolute Gasteiger partial charge is 0.255 e. The van der Waals surface area contributed by atoms with Crippen LogP contribution in [0.3, 0.4) is 0 Å². The fourth-order valence-electron chi connectivity index (χ4n) is 3.50. The molecule has 0 aliphatic carbocycles. The number of hydrogen-bond acceptors (Lipinski definition) is 4. The first-order valence-corrected chi connectivity index (χ1v) is 10.5. The highest BCUT2D eigenvalue weighted by Crippen LogP contribution is 2.28. The second kappa shape index (κ2) is 10.3. The molecule has 0 aliphatic heterocycles. The molecule has 33 heavy (non-hydrogen) atoms. The van der Waals surface area contributed by atoms with Crippen LogP contribution in [0.1, 0.15) is 21.5 Å². The molecule has 4 aromatic carbocycles. The maximum Gasteiger partial charge on any atom is 0.255 e. The summed E-state index contributed by atoms with van der Waals surface area (Å²) in [6.07, 6.45) is 1.31. The van der Waals surface area contributed by atoms with Crippen LogP contribution in [0, 0.1) is 0 Å². The van der Waals surface area contributed by atoms with Crippen LogP contribution in [0.5, 0.6) is 17.2 Å². The Labute approximate surface area is 192 Å². The van der Waals surface area contributed by atoms with Crippen LogP contribution in [0.2, 0.25) is 0 Å². The molecule has 5 heteroatoms. The molecule has 0 bridgehead atoms. The number of carbonyl (C=O) groups excluding carboxylic acids is 2. The Bertz CT molecular complexity index is 1250. The first-order chi connectivity index (χ1) is 16.1. The fourth-order valence-corrected chi connectivity index (χ4v) is 3.50. The van der Waals surface area contributed by atoms with Gasteiger partial charge in [-0.3, -0.25) is 9.59 Å². The second-order valence-corrected chi connectivity index (χ2v) is 7.56. The summed E-state index contributed by atoms with van der Waals surface area (Å²) in [5, 5.41) is 0. The van der Waals surface area contributed by atoms with E-state index in [-0.39, 0.29) is 6.61 Å². The molecular weight excluding hydrogens is 414 g/mol. The number of nitrogens with two attached hydrogens (primary N) is 1. The predicted octanol–water partition coefficient (Wildman–Crippen LogP) is 5.41. The van der Waals surface area contributed by atoms with E-state index in [1.54, 1.807) is 18.2 Å². The van der Waals surface area contributed by atoms with Gasteiger partial charge in [0.1, 0.15) is 23.5 Å². The number of aldehydes is 1. The largest absolute Gasteiger partial charge is 0.483 e. The van der Waals surface area contributed by atoms with E-state index in [0.29, 0.717) is 17.7 Å². The number of rotatable bonds is 9. The Morgan fingerprint density at radius 2 is 1.55 bits per heavy atom. The van der Waals surface area contributed by atoms with Crippen molar-refractivity contribution in [3.63, 3.8) is 0 Å². The standard InChI is InChI=1S/C28H23NO4/c29-28(31)19-32-27-14-11-21(18-30)16-24(27)15-20-9-12-25(13-10-20)33-26-8-4-7-23(17-26)22-5-2-1-3-6-22/h1-14,16-18H,15,19H2,(H2,29,31). The summed E-state index contributed by atoms with van der Waals surface area (Å²) in [6, 6.07) is 30.9. The van der Waals surface area contributed by atoms with E-state index in [0.717, 1.165) is 40.0 Å². The molecule has 0 saturated heterocycles. The molecule has 4 rings (SSSR count). The van der Waals surface area contributed by atoms with Crippen molar-refractivity contribution in [2.24, 2.45) is 5.73 Å². The third-order valence-corrected chi connectivity index (χ3v) is 5.09. The fraction of sp³-hybridized carbons (Fsp3) is 0.0714. The second-order valence-electron chi connectivity index (χ2n) is 7.56. The summed E-state index contributed by atoms with van der Waals surface area (Å²) in [5.41, 5.74) is 9.74. The Balaban J connectivity index is 1.48. The SMILES string of the molecule is NC(=O)COc1ccc(C=O)cc1Cc1ccc(Oc2cccc(-c3ccccc3)c2)cc1. The third-order valence-electron chi connectivity index (χ3n) is 5.09. The summed E-state index contributed by atoms with van der Waals surface area (Å²) < 4.78 is 11.6. The van der Waals surface area contributed by atoms with Crippen molar-refractivity contribution in [2.75, 3.05) is 6.61 Å². The van der Waals surface area contributed by atoms with E-state index >= 15 is 0 Å². The highest BCUT2D eigenvalue weighted by molar-refractivity contribution is 5.77. The van der Waals surface area contributed by atoms with Gasteiger partial charge in [0, 0.05) is 12.0 Å². The van der Waals surface area contributed by atoms with Crippen LogP contribution in [-0.2, 0) is 11.2 Å². The molecule has 4 aromatic rings. The zero-order chi connectivity index (χ0) is 23.0. The van der Waals surface area contributed by atoms with Crippen molar-refractivity contribution in [1.82, 2.24) is 0 Å². The minimum Gasteiger partial charge on any atom is -0.483 e. The zero-order valence-electron chi connectivity index (χ0n) is 17.9. The molecule has 0 spiro atoms. The number of benzene rings is 4. The molecule has 164 valence electrons. The van der Waals surface area contributed by atoms with Crippen LogP contribution >= 0.6 is 0 Å². The molecule has 0 unspecified atom stereocenters. The highest BCUT2D eigenvalue weighted by Gasteiger charge is 2.09. The molecule has 0 atom stereocenters. The normalized spacial score (nSPS) is 10.4. The van der Waals surface area contributed by atoms with E-state index < -0.39 is 5.91 Å². The van der Waals surface area contributed by atoms with Crippen LogP contribution in [0.15, 0.2) is 97.1 Å². The lowest BCUT2D eigenvalue weighted by atomic mass is 10.0. The van der Waals surface area contributed by atoms with Crippen molar-refractivity contribution >= 4 is 12.2 Å². The Morgan fingerprint density at radius 3 is 2.27 bits per heavy atom. The molecule has 5 nitrogen and oxygen atoms in total. The number of amides is 1. The molecule has 0 heterocycles. The molecule has 0 aromatic heterocycles. The van der Waals surface area contributed by atoms with Crippen molar-refractivity contribution in [3.8, 4) is 28.4 Å². The number of carbonyl (C=O) groups is 2. The topological polar surface area (TPSA) is 78.6 Å². The van der Waals surface area contributed by atoms with Gasteiger partial charge in [0.25, 0.3) is 5.91 Å². The van der Waals surface area contributed by atoms with Crippen molar-refractivity contribution < 1.29 is 19.1 Å². The molecule has 1 amide bonds. The summed E-state index contributed by atoms with van der Waals surface area (Å²) in [5.74, 6) is 1.44. The van der Waals surface area contributed by atoms with Crippen molar-refractivity contribution in [3.05, 3.63) is 114 Å². The molecular formula is C28H23NO4. The van der Waals surface area contributed by atoms with Gasteiger partial charge in [-0.1, -0.05) is 54.6 Å². The van der Waals surface area contributed by atoms with Crippen LogP contribution in [0.4, 0.5) is 0 Å². The minimum atomic E-state index is -0.557.